The number of halogens is 1. The maximum Gasteiger partial charge on any atom is 0.319 e. The third-order valence-electron chi connectivity index (χ3n) is 4.09. The maximum atomic E-state index is 13.1. The van der Waals surface area contributed by atoms with E-state index in [1.165, 1.54) is 38.2 Å². The minimum absolute atomic E-state index is 0.304. The van der Waals surface area contributed by atoms with Crippen LogP contribution in [-0.4, -0.2) is 44.2 Å². The second-order valence-corrected chi connectivity index (χ2v) is 6.13. The molecule has 0 saturated carbocycles. The number of nitrogens with one attached hydrogen (secondary N) is 2. The minimum atomic E-state index is -0.399. The van der Waals surface area contributed by atoms with Gasteiger partial charge in [0, 0.05) is 19.2 Å². The van der Waals surface area contributed by atoms with E-state index in [4.69, 9.17) is 4.74 Å². The van der Waals surface area contributed by atoms with Gasteiger partial charge in [0.15, 0.2) is 0 Å². The summed E-state index contributed by atoms with van der Waals surface area (Å²) in [5, 5.41) is 5.50. The average molecular weight is 323 g/mol. The zero-order valence-electron chi connectivity index (χ0n) is 13.9. The van der Waals surface area contributed by atoms with Gasteiger partial charge in [0.25, 0.3) is 0 Å². The summed E-state index contributed by atoms with van der Waals surface area (Å²) in [6.45, 7) is 6.21. The summed E-state index contributed by atoms with van der Waals surface area (Å²) in [5.74, 6) is 0.678. The molecule has 1 aliphatic heterocycles. The molecule has 1 aliphatic rings. The highest BCUT2D eigenvalue weighted by Crippen LogP contribution is 2.24. The number of anilines is 1. The van der Waals surface area contributed by atoms with Gasteiger partial charge in [-0.3, -0.25) is 0 Å². The quantitative estimate of drug-likeness (QED) is 0.791. The van der Waals surface area contributed by atoms with Crippen molar-refractivity contribution in [3.05, 3.63) is 24.0 Å². The van der Waals surface area contributed by atoms with Crippen LogP contribution in [0.25, 0.3) is 0 Å². The number of hydrogen-bond acceptors (Lipinski definition) is 3. The molecule has 2 N–H and O–H groups in total. The van der Waals surface area contributed by atoms with E-state index in [0.717, 1.165) is 32.0 Å². The van der Waals surface area contributed by atoms with Crippen molar-refractivity contribution in [2.24, 2.45) is 5.92 Å². The molecule has 5 nitrogen and oxygen atoms in total. The van der Waals surface area contributed by atoms with Crippen LogP contribution in [0.4, 0.5) is 14.9 Å². The second-order valence-electron chi connectivity index (χ2n) is 6.13. The number of nitrogens with zero attached hydrogens (tertiary/aromatic N) is 1. The number of carbonyl (C=O) groups excluding carboxylic acids is 1. The van der Waals surface area contributed by atoms with Gasteiger partial charge in [-0.25, -0.2) is 9.18 Å². The molecule has 2 rings (SSSR count). The summed E-state index contributed by atoms with van der Waals surface area (Å²) >= 11 is 0. The Hall–Kier alpha value is -1.82. The number of piperidine rings is 1. The first kappa shape index (κ1) is 17.5. The van der Waals surface area contributed by atoms with E-state index >= 15 is 0 Å². The Morgan fingerprint density at radius 2 is 2.30 bits per heavy atom. The monoisotopic (exact) mass is 323 g/mol. The van der Waals surface area contributed by atoms with E-state index in [-0.39, 0.29) is 6.03 Å². The topological polar surface area (TPSA) is 53.6 Å². The summed E-state index contributed by atoms with van der Waals surface area (Å²) in [4.78, 5) is 14.3. The van der Waals surface area contributed by atoms with Gasteiger partial charge < -0.3 is 20.3 Å². The molecule has 1 saturated heterocycles. The summed E-state index contributed by atoms with van der Waals surface area (Å²) in [6, 6.07) is 3.72. The van der Waals surface area contributed by atoms with Crippen molar-refractivity contribution >= 4 is 11.7 Å². The molecule has 1 aromatic rings. The van der Waals surface area contributed by atoms with Crippen molar-refractivity contribution in [3.8, 4) is 5.75 Å². The molecule has 0 aliphatic carbocycles. The van der Waals surface area contributed by atoms with E-state index in [9.17, 15) is 9.18 Å². The van der Waals surface area contributed by atoms with E-state index in [2.05, 4.69) is 22.5 Å². The Labute approximate surface area is 137 Å². The van der Waals surface area contributed by atoms with Crippen LogP contribution >= 0.6 is 0 Å². The third-order valence-corrected chi connectivity index (χ3v) is 4.09. The lowest BCUT2D eigenvalue weighted by molar-refractivity contribution is 0.182. The molecule has 0 spiro atoms. The number of amides is 2. The number of benzene rings is 1. The van der Waals surface area contributed by atoms with Crippen LogP contribution in [0.5, 0.6) is 5.75 Å². The predicted molar refractivity (Wildman–Crippen MR) is 89.4 cm³/mol. The molecule has 0 radical (unpaired) electrons. The van der Waals surface area contributed by atoms with Crippen LogP contribution < -0.4 is 15.4 Å². The molecule has 23 heavy (non-hydrogen) atoms. The summed E-state index contributed by atoms with van der Waals surface area (Å²) < 4.78 is 18.2. The number of likely N-dealkylation sites (tertiary alicyclic amines) is 1. The molecular weight excluding hydrogens is 297 g/mol. The van der Waals surface area contributed by atoms with Crippen LogP contribution in [0.2, 0.25) is 0 Å². The molecule has 1 heterocycles. The molecule has 1 fully saturated rings. The predicted octanol–water partition coefficient (Wildman–Crippen LogP) is 3.08. The second kappa shape index (κ2) is 8.72. The maximum absolute atomic E-state index is 13.1. The van der Waals surface area contributed by atoms with Gasteiger partial charge in [0.05, 0.1) is 12.8 Å². The smallest absolute Gasteiger partial charge is 0.319 e. The number of urea groups is 1. The van der Waals surface area contributed by atoms with Crippen molar-refractivity contribution in [3.63, 3.8) is 0 Å². The van der Waals surface area contributed by atoms with Crippen molar-refractivity contribution in [1.29, 1.82) is 0 Å². The molecule has 2 amide bonds. The van der Waals surface area contributed by atoms with Crippen molar-refractivity contribution < 1.29 is 13.9 Å². The average Bonchev–Trinajstić information content (AvgIpc) is 2.53. The highest BCUT2D eigenvalue weighted by molar-refractivity contribution is 5.90. The SMILES string of the molecule is COc1cc(F)ccc1NC(=O)NCCCN1CCCC(C)C1. The highest BCUT2D eigenvalue weighted by Gasteiger charge is 2.15. The van der Waals surface area contributed by atoms with E-state index in [1.54, 1.807) is 0 Å². The fraction of sp³-hybridized carbons (Fsp3) is 0.588. The number of methoxy groups -OCH3 is 1. The van der Waals surface area contributed by atoms with Crippen molar-refractivity contribution in [1.82, 2.24) is 10.2 Å². The van der Waals surface area contributed by atoms with Gasteiger partial charge in [-0.15, -0.1) is 0 Å². The van der Waals surface area contributed by atoms with Crippen LogP contribution in [-0.2, 0) is 0 Å². The molecule has 128 valence electrons. The largest absolute Gasteiger partial charge is 0.494 e. The van der Waals surface area contributed by atoms with Gasteiger partial charge >= 0.3 is 6.03 Å². The van der Waals surface area contributed by atoms with Gasteiger partial charge in [-0.1, -0.05) is 6.92 Å². The van der Waals surface area contributed by atoms with Crippen molar-refractivity contribution in [2.45, 2.75) is 26.2 Å². The first-order valence-electron chi connectivity index (χ1n) is 8.19. The Kier molecular flexibility index (Phi) is 6.65. The number of carbonyl (C=O) groups is 1. The Balaban J connectivity index is 1.69. The van der Waals surface area contributed by atoms with Crippen LogP contribution in [0.3, 0.4) is 0 Å². The van der Waals surface area contributed by atoms with E-state index in [0.29, 0.717) is 18.0 Å². The number of ether oxygens (including phenoxy) is 1. The van der Waals surface area contributed by atoms with E-state index < -0.39 is 5.82 Å². The fourth-order valence-corrected chi connectivity index (χ4v) is 2.93. The fourth-order valence-electron chi connectivity index (χ4n) is 2.93. The molecule has 0 aromatic heterocycles. The van der Waals surface area contributed by atoms with E-state index in [1.807, 2.05) is 0 Å². The van der Waals surface area contributed by atoms with Crippen molar-refractivity contribution in [2.75, 3.05) is 38.6 Å². The summed E-state index contributed by atoms with van der Waals surface area (Å²) in [6.07, 6.45) is 3.50. The molecule has 1 aromatic carbocycles. The van der Waals surface area contributed by atoms with Gasteiger partial charge in [-0.05, 0) is 50.4 Å². The van der Waals surface area contributed by atoms with Crippen LogP contribution in [0.15, 0.2) is 18.2 Å². The normalized spacial score (nSPS) is 18.5. The summed E-state index contributed by atoms with van der Waals surface area (Å²) in [5.41, 5.74) is 0.455. The lowest BCUT2D eigenvalue weighted by Gasteiger charge is -2.30. The zero-order valence-corrected chi connectivity index (χ0v) is 13.9. The number of hydrogen-bond donors (Lipinski definition) is 2. The minimum Gasteiger partial charge on any atom is -0.494 e. The molecule has 1 atom stereocenters. The molecular formula is C17H26FN3O2. The lowest BCUT2D eigenvalue weighted by atomic mass is 10.0. The van der Waals surface area contributed by atoms with Gasteiger partial charge in [-0.2, -0.15) is 0 Å². The Bertz CT molecular complexity index is 525. The Morgan fingerprint density at radius 3 is 3.04 bits per heavy atom. The highest BCUT2D eigenvalue weighted by atomic mass is 19.1. The number of rotatable bonds is 6. The third kappa shape index (κ3) is 5.71. The summed E-state index contributed by atoms with van der Waals surface area (Å²) in [7, 11) is 1.44. The first-order chi connectivity index (χ1) is 11.1. The molecule has 6 heteroatoms. The van der Waals surface area contributed by atoms with Crippen LogP contribution in [0.1, 0.15) is 26.2 Å². The first-order valence-corrected chi connectivity index (χ1v) is 8.19. The molecule has 1 unspecified atom stereocenters. The molecule has 0 bridgehead atoms. The zero-order chi connectivity index (χ0) is 16.7. The van der Waals surface area contributed by atoms with Gasteiger partial charge in [0.1, 0.15) is 11.6 Å². The van der Waals surface area contributed by atoms with Gasteiger partial charge in [0.2, 0.25) is 0 Å². The lowest BCUT2D eigenvalue weighted by Crippen LogP contribution is -2.37. The Morgan fingerprint density at radius 1 is 1.48 bits per heavy atom. The van der Waals surface area contributed by atoms with Crippen LogP contribution in [0, 0.1) is 11.7 Å². The standard InChI is InChI=1S/C17H26FN3O2/c1-13-5-3-9-21(12-13)10-4-8-19-17(22)20-15-7-6-14(18)11-16(15)23-2/h6-7,11,13H,3-5,8-10,12H2,1-2H3,(H2,19,20,22).